The van der Waals surface area contributed by atoms with E-state index < -0.39 is 5.97 Å². The number of carbonyl (C=O) groups is 1. The predicted octanol–water partition coefficient (Wildman–Crippen LogP) is 3.81. The fourth-order valence-electron chi connectivity index (χ4n) is 2.14. The molecule has 0 aliphatic carbocycles. The van der Waals surface area contributed by atoms with Gasteiger partial charge in [0.15, 0.2) is 0 Å². The minimum absolute atomic E-state index is 0.150. The highest BCUT2D eigenvalue weighted by atomic mass is 79.9. The largest absolute Gasteiger partial charge is 0.486 e. The van der Waals surface area contributed by atoms with Crippen molar-refractivity contribution in [1.29, 1.82) is 0 Å². The third-order valence-corrected chi connectivity index (χ3v) is 3.59. The van der Waals surface area contributed by atoms with Gasteiger partial charge < -0.3 is 14.4 Å². The van der Waals surface area contributed by atoms with Crippen LogP contribution in [0.1, 0.15) is 41.5 Å². The van der Waals surface area contributed by atoms with Crippen LogP contribution in [-0.4, -0.2) is 20.6 Å². The highest BCUT2D eigenvalue weighted by Gasteiger charge is 2.16. The van der Waals surface area contributed by atoms with Gasteiger partial charge in [0.1, 0.15) is 17.9 Å². The van der Waals surface area contributed by atoms with Crippen LogP contribution in [0.25, 0.3) is 0 Å². The molecular weight excluding hydrogens is 336 g/mol. The molecule has 0 radical (unpaired) electrons. The van der Waals surface area contributed by atoms with Crippen LogP contribution in [0.15, 0.2) is 29.1 Å². The van der Waals surface area contributed by atoms with Gasteiger partial charge in [0, 0.05) is 10.5 Å². The zero-order valence-corrected chi connectivity index (χ0v) is 13.7. The third kappa shape index (κ3) is 3.44. The van der Waals surface area contributed by atoms with Gasteiger partial charge in [-0.05, 0) is 38.5 Å². The van der Waals surface area contributed by atoms with E-state index in [1.165, 1.54) is 0 Å². The number of imidazole rings is 1. The number of aromatic nitrogens is 2. The van der Waals surface area contributed by atoms with Crippen molar-refractivity contribution >= 4 is 21.9 Å². The number of carboxylic acid groups (broad SMARTS) is 1. The van der Waals surface area contributed by atoms with Crippen LogP contribution in [-0.2, 0) is 6.61 Å². The molecule has 0 aliphatic rings. The van der Waals surface area contributed by atoms with Crippen molar-refractivity contribution in [3.63, 3.8) is 0 Å². The van der Waals surface area contributed by atoms with E-state index in [-0.39, 0.29) is 18.2 Å². The Kier molecular flexibility index (Phi) is 4.67. The van der Waals surface area contributed by atoms with Crippen LogP contribution in [0.5, 0.6) is 5.75 Å². The van der Waals surface area contributed by atoms with Crippen molar-refractivity contribution in [2.75, 3.05) is 0 Å². The number of carboxylic acids is 1. The van der Waals surface area contributed by atoms with Gasteiger partial charge in [-0.25, -0.2) is 9.78 Å². The first-order valence-corrected chi connectivity index (χ1v) is 7.36. The maximum atomic E-state index is 11.3. The van der Waals surface area contributed by atoms with E-state index in [2.05, 4.69) is 34.8 Å². The van der Waals surface area contributed by atoms with Crippen molar-refractivity contribution in [1.82, 2.24) is 9.55 Å². The summed E-state index contributed by atoms with van der Waals surface area (Å²) in [6, 6.07) is 3.66. The Morgan fingerprint density at radius 3 is 2.81 bits per heavy atom. The average Bonchev–Trinajstić information content (AvgIpc) is 2.85. The van der Waals surface area contributed by atoms with E-state index in [9.17, 15) is 9.90 Å². The predicted molar refractivity (Wildman–Crippen MR) is 82.8 cm³/mol. The molecule has 0 aliphatic heterocycles. The van der Waals surface area contributed by atoms with E-state index in [0.717, 1.165) is 15.7 Å². The van der Waals surface area contributed by atoms with Gasteiger partial charge in [-0.2, -0.15) is 0 Å². The Balaban J connectivity index is 2.28. The second kappa shape index (κ2) is 6.30. The molecule has 5 nitrogen and oxygen atoms in total. The minimum atomic E-state index is -1.01. The number of hydrogen-bond donors (Lipinski definition) is 1. The maximum Gasteiger partial charge on any atom is 0.339 e. The fraction of sp³-hybridized carbons (Fsp3) is 0.333. The normalized spacial score (nSPS) is 10.9. The monoisotopic (exact) mass is 352 g/mol. The molecule has 1 N–H and O–H groups in total. The zero-order chi connectivity index (χ0) is 15.6. The minimum Gasteiger partial charge on any atom is -0.486 e. The fourth-order valence-corrected chi connectivity index (χ4v) is 2.71. The molecule has 0 saturated carbocycles. The van der Waals surface area contributed by atoms with E-state index in [4.69, 9.17) is 4.74 Å². The molecular formula is C15H17BrN2O3. The molecule has 1 aromatic carbocycles. The van der Waals surface area contributed by atoms with Crippen LogP contribution in [0.4, 0.5) is 0 Å². The molecule has 0 amide bonds. The summed E-state index contributed by atoms with van der Waals surface area (Å²) in [6.45, 7) is 6.21. The number of halogens is 1. The lowest BCUT2D eigenvalue weighted by Crippen LogP contribution is -2.10. The summed E-state index contributed by atoms with van der Waals surface area (Å²) in [5.41, 5.74) is 1.83. The van der Waals surface area contributed by atoms with Crippen LogP contribution >= 0.6 is 15.9 Å². The van der Waals surface area contributed by atoms with Crippen molar-refractivity contribution in [3.8, 4) is 5.75 Å². The van der Waals surface area contributed by atoms with Crippen molar-refractivity contribution < 1.29 is 14.6 Å². The summed E-state index contributed by atoms with van der Waals surface area (Å²) in [4.78, 5) is 15.5. The first-order valence-electron chi connectivity index (χ1n) is 6.57. The maximum absolute atomic E-state index is 11.3. The molecule has 0 bridgehead atoms. The second-order valence-electron chi connectivity index (χ2n) is 5.08. The molecule has 0 saturated heterocycles. The van der Waals surface area contributed by atoms with E-state index >= 15 is 0 Å². The van der Waals surface area contributed by atoms with Crippen molar-refractivity contribution in [2.24, 2.45) is 0 Å². The number of ether oxygens (including phenoxy) is 1. The lowest BCUT2D eigenvalue weighted by atomic mass is 10.1. The van der Waals surface area contributed by atoms with E-state index in [0.29, 0.717) is 5.75 Å². The molecule has 0 spiro atoms. The van der Waals surface area contributed by atoms with E-state index in [1.807, 2.05) is 17.6 Å². The Bertz CT molecular complexity index is 665. The number of rotatable bonds is 5. The first kappa shape index (κ1) is 15.6. The Hall–Kier alpha value is -1.82. The van der Waals surface area contributed by atoms with Crippen molar-refractivity contribution in [3.05, 3.63) is 46.0 Å². The quantitative estimate of drug-likeness (QED) is 0.888. The molecule has 2 aromatic rings. The summed E-state index contributed by atoms with van der Waals surface area (Å²) in [5.74, 6) is -0.617. The highest BCUT2D eigenvalue weighted by Crippen LogP contribution is 2.29. The zero-order valence-electron chi connectivity index (χ0n) is 12.1. The third-order valence-electron chi connectivity index (χ3n) is 3.14. The number of aryl methyl sites for hydroxylation is 1. The SMILES string of the molecule is Cc1cc(Br)cc(C(=O)O)c1OCc1cncn1C(C)C. The standard InChI is InChI=1S/C15H17BrN2O3/c1-9(2)18-8-17-6-12(18)7-21-14-10(3)4-11(16)5-13(14)15(19)20/h4-6,8-9H,7H2,1-3H3,(H,19,20). The summed E-state index contributed by atoms with van der Waals surface area (Å²) in [6.07, 6.45) is 3.48. The average molecular weight is 353 g/mol. The molecule has 1 heterocycles. The van der Waals surface area contributed by atoms with Crippen LogP contribution in [0, 0.1) is 6.92 Å². The van der Waals surface area contributed by atoms with E-state index in [1.54, 1.807) is 18.6 Å². The Morgan fingerprint density at radius 2 is 2.19 bits per heavy atom. The second-order valence-corrected chi connectivity index (χ2v) is 5.99. The van der Waals surface area contributed by atoms with Gasteiger partial charge in [-0.3, -0.25) is 0 Å². The number of hydrogen-bond acceptors (Lipinski definition) is 3. The topological polar surface area (TPSA) is 64.3 Å². The molecule has 0 unspecified atom stereocenters. The summed E-state index contributed by atoms with van der Waals surface area (Å²) in [5, 5.41) is 9.30. The first-order chi connectivity index (χ1) is 9.90. The highest BCUT2D eigenvalue weighted by molar-refractivity contribution is 9.10. The van der Waals surface area contributed by atoms with Gasteiger partial charge >= 0.3 is 5.97 Å². The summed E-state index contributed by atoms with van der Waals surface area (Å²) in [7, 11) is 0. The Labute approximate surface area is 131 Å². The molecule has 2 rings (SSSR count). The molecule has 112 valence electrons. The number of aromatic carboxylic acids is 1. The van der Waals surface area contributed by atoms with Gasteiger partial charge in [0.05, 0.1) is 18.2 Å². The van der Waals surface area contributed by atoms with Crippen LogP contribution in [0.3, 0.4) is 0 Å². The summed E-state index contributed by atoms with van der Waals surface area (Å²) >= 11 is 3.30. The molecule has 0 fully saturated rings. The molecule has 1 aromatic heterocycles. The van der Waals surface area contributed by atoms with Gasteiger partial charge in [-0.1, -0.05) is 15.9 Å². The molecule has 21 heavy (non-hydrogen) atoms. The van der Waals surface area contributed by atoms with Crippen molar-refractivity contribution in [2.45, 2.75) is 33.4 Å². The number of nitrogens with zero attached hydrogens (tertiary/aromatic N) is 2. The lowest BCUT2D eigenvalue weighted by Gasteiger charge is -2.15. The molecule has 6 heteroatoms. The Morgan fingerprint density at radius 1 is 1.48 bits per heavy atom. The smallest absolute Gasteiger partial charge is 0.339 e. The van der Waals surface area contributed by atoms with Gasteiger partial charge in [-0.15, -0.1) is 0 Å². The molecule has 0 atom stereocenters. The van der Waals surface area contributed by atoms with Crippen LogP contribution in [0.2, 0.25) is 0 Å². The summed E-state index contributed by atoms with van der Waals surface area (Å²) < 4.78 is 8.47. The number of benzene rings is 1. The van der Waals surface area contributed by atoms with Crippen LogP contribution < -0.4 is 4.74 Å². The van der Waals surface area contributed by atoms with Gasteiger partial charge in [0.25, 0.3) is 0 Å². The lowest BCUT2D eigenvalue weighted by molar-refractivity contribution is 0.0691. The van der Waals surface area contributed by atoms with Gasteiger partial charge in [0.2, 0.25) is 0 Å².